The van der Waals surface area contributed by atoms with Gasteiger partial charge in [-0.25, -0.2) is 0 Å². The number of ether oxygens (including phenoxy) is 1. The van der Waals surface area contributed by atoms with Crippen molar-refractivity contribution in [2.24, 2.45) is 0 Å². The smallest absolute Gasteiger partial charge is 0.123 e. The molecule has 0 spiro atoms. The van der Waals surface area contributed by atoms with Crippen molar-refractivity contribution in [1.82, 2.24) is 5.32 Å². The van der Waals surface area contributed by atoms with Gasteiger partial charge < -0.3 is 15.2 Å². The summed E-state index contributed by atoms with van der Waals surface area (Å²) in [5, 5.41) is 12.4. The predicted molar refractivity (Wildman–Crippen MR) is 54.8 cm³/mol. The van der Waals surface area contributed by atoms with Crippen LogP contribution in [0, 0.1) is 0 Å². The fourth-order valence-corrected chi connectivity index (χ4v) is 1.98. The monoisotopic (exact) mass is 193 g/mol. The van der Waals surface area contributed by atoms with Gasteiger partial charge in [0.1, 0.15) is 17.1 Å². The SMILES string of the molecule is CNCC1(C)Cc2cc(O)ccc2O1. The molecule has 1 aliphatic rings. The third-order valence-electron chi connectivity index (χ3n) is 2.52. The molecule has 76 valence electrons. The lowest BCUT2D eigenvalue weighted by molar-refractivity contribution is 0.117. The first-order valence-electron chi connectivity index (χ1n) is 4.78. The number of hydrogen-bond acceptors (Lipinski definition) is 3. The molecule has 0 aromatic heterocycles. The molecule has 2 rings (SSSR count). The molecule has 3 nitrogen and oxygen atoms in total. The summed E-state index contributed by atoms with van der Waals surface area (Å²) in [4.78, 5) is 0. The molecule has 1 atom stereocenters. The molecule has 0 saturated carbocycles. The zero-order valence-corrected chi connectivity index (χ0v) is 8.50. The molecule has 0 fully saturated rings. The van der Waals surface area contributed by atoms with Crippen LogP contribution < -0.4 is 10.1 Å². The number of aromatic hydroxyl groups is 1. The minimum absolute atomic E-state index is 0.176. The largest absolute Gasteiger partial charge is 0.508 e. The van der Waals surface area contributed by atoms with E-state index < -0.39 is 0 Å². The van der Waals surface area contributed by atoms with Crippen LogP contribution in [0.5, 0.6) is 11.5 Å². The van der Waals surface area contributed by atoms with Crippen LogP contribution in [-0.4, -0.2) is 24.3 Å². The van der Waals surface area contributed by atoms with E-state index in [0.29, 0.717) is 5.75 Å². The van der Waals surface area contributed by atoms with E-state index in [1.807, 2.05) is 13.1 Å². The fraction of sp³-hybridized carbons (Fsp3) is 0.455. The number of phenolic OH excluding ortho intramolecular Hbond substituents is 1. The third-order valence-corrected chi connectivity index (χ3v) is 2.52. The second kappa shape index (κ2) is 3.17. The Morgan fingerprint density at radius 2 is 2.36 bits per heavy atom. The van der Waals surface area contributed by atoms with Crippen LogP contribution in [0.4, 0.5) is 0 Å². The van der Waals surface area contributed by atoms with Gasteiger partial charge in [-0.15, -0.1) is 0 Å². The molecule has 0 amide bonds. The highest BCUT2D eigenvalue weighted by Gasteiger charge is 2.34. The van der Waals surface area contributed by atoms with Gasteiger partial charge >= 0.3 is 0 Å². The van der Waals surface area contributed by atoms with Crippen molar-refractivity contribution in [2.75, 3.05) is 13.6 Å². The van der Waals surface area contributed by atoms with Gasteiger partial charge in [0.25, 0.3) is 0 Å². The van der Waals surface area contributed by atoms with Crippen LogP contribution in [0.2, 0.25) is 0 Å². The van der Waals surface area contributed by atoms with Gasteiger partial charge in [-0.05, 0) is 32.2 Å². The van der Waals surface area contributed by atoms with Gasteiger partial charge in [-0.3, -0.25) is 0 Å². The number of hydrogen-bond donors (Lipinski definition) is 2. The number of phenols is 1. The molecule has 1 unspecified atom stereocenters. The predicted octanol–water partition coefficient (Wildman–Crippen LogP) is 1.31. The second-order valence-corrected chi connectivity index (χ2v) is 4.05. The van der Waals surface area contributed by atoms with Crippen molar-refractivity contribution in [3.63, 3.8) is 0 Å². The standard InChI is InChI=1S/C11H15NO2/c1-11(7-12-2)6-8-5-9(13)3-4-10(8)14-11/h3-5,12-13H,6-7H2,1-2H3. The average molecular weight is 193 g/mol. The maximum absolute atomic E-state index is 9.33. The first-order chi connectivity index (χ1) is 6.63. The highest BCUT2D eigenvalue weighted by Crippen LogP contribution is 2.36. The molecule has 2 N–H and O–H groups in total. The molecular formula is C11H15NO2. The van der Waals surface area contributed by atoms with Crippen LogP contribution in [-0.2, 0) is 6.42 Å². The Labute approximate surface area is 83.7 Å². The summed E-state index contributed by atoms with van der Waals surface area (Å²) >= 11 is 0. The van der Waals surface area contributed by atoms with Crippen molar-refractivity contribution >= 4 is 0 Å². The second-order valence-electron chi connectivity index (χ2n) is 4.05. The molecule has 3 heteroatoms. The summed E-state index contributed by atoms with van der Waals surface area (Å²) in [6, 6.07) is 5.26. The lowest BCUT2D eigenvalue weighted by Crippen LogP contribution is -2.40. The number of nitrogens with one attached hydrogen (secondary N) is 1. The van der Waals surface area contributed by atoms with E-state index in [1.54, 1.807) is 12.1 Å². The Morgan fingerprint density at radius 3 is 3.07 bits per heavy atom. The minimum atomic E-state index is -0.176. The van der Waals surface area contributed by atoms with E-state index in [1.165, 1.54) is 0 Å². The van der Waals surface area contributed by atoms with Gasteiger partial charge in [0.05, 0.1) is 0 Å². The lowest BCUT2D eigenvalue weighted by Gasteiger charge is -2.23. The normalized spacial score (nSPS) is 24.4. The third kappa shape index (κ3) is 1.55. The maximum atomic E-state index is 9.33. The van der Waals surface area contributed by atoms with Crippen LogP contribution in [0.15, 0.2) is 18.2 Å². The first-order valence-corrected chi connectivity index (χ1v) is 4.78. The fourth-order valence-electron chi connectivity index (χ4n) is 1.98. The summed E-state index contributed by atoms with van der Waals surface area (Å²) < 4.78 is 5.82. The van der Waals surface area contributed by atoms with Crippen LogP contribution >= 0.6 is 0 Å². The lowest BCUT2D eigenvalue weighted by atomic mass is 9.99. The van der Waals surface area contributed by atoms with Gasteiger partial charge in [-0.1, -0.05) is 0 Å². The molecule has 0 saturated heterocycles. The molecule has 1 heterocycles. The topological polar surface area (TPSA) is 41.5 Å². The average Bonchev–Trinajstić information content (AvgIpc) is 2.40. The van der Waals surface area contributed by atoms with Crippen molar-refractivity contribution in [2.45, 2.75) is 18.9 Å². The maximum Gasteiger partial charge on any atom is 0.123 e. The first kappa shape index (κ1) is 9.34. The molecule has 14 heavy (non-hydrogen) atoms. The van der Waals surface area contributed by atoms with E-state index in [-0.39, 0.29) is 5.60 Å². The van der Waals surface area contributed by atoms with E-state index in [4.69, 9.17) is 4.74 Å². The van der Waals surface area contributed by atoms with E-state index in [0.717, 1.165) is 24.3 Å². The zero-order chi connectivity index (χ0) is 10.2. The minimum Gasteiger partial charge on any atom is -0.508 e. The molecule has 1 aromatic rings. The quantitative estimate of drug-likeness (QED) is 0.744. The number of rotatable bonds is 2. The Bertz CT molecular complexity index is 351. The Kier molecular flexibility index (Phi) is 2.11. The highest BCUT2D eigenvalue weighted by atomic mass is 16.5. The van der Waals surface area contributed by atoms with Crippen molar-refractivity contribution in [3.05, 3.63) is 23.8 Å². The Hall–Kier alpha value is -1.22. The van der Waals surface area contributed by atoms with Crippen LogP contribution in [0.1, 0.15) is 12.5 Å². The molecule has 0 bridgehead atoms. The number of benzene rings is 1. The van der Waals surface area contributed by atoms with Crippen molar-refractivity contribution in [3.8, 4) is 11.5 Å². The van der Waals surface area contributed by atoms with Gasteiger partial charge in [-0.2, -0.15) is 0 Å². The van der Waals surface area contributed by atoms with Gasteiger partial charge in [0.2, 0.25) is 0 Å². The van der Waals surface area contributed by atoms with Crippen LogP contribution in [0.3, 0.4) is 0 Å². The zero-order valence-electron chi connectivity index (χ0n) is 8.50. The molecule has 0 radical (unpaired) electrons. The Morgan fingerprint density at radius 1 is 1.57 bits per heavy atom. The summed E-state index contributed by atoms with van der Waals surface area (Å²) in [7, 11) is 1.91. The summed E-state index contributed by atoms with van der Waals surface area (Å²) in [6.07, 6.45) is 0.845. The van der Waals surface area contributed by atoms with Gasteiger partial charge in [0, 0.05) is 18.5 Å². The molecule has 0 aliphatic carbocycles. The number of likely N-dealkylation sites (N-methyl/N-ethyl adjacent to an activating group) is 1. The van der Waals surface area contributed by atoms with Crippen molar-refractivity contribution in [1.29, 1.82) is 0 Å². The summed E-state index contributed by atoms with van der Waals surface area (Å²) in [6.45, 7) is 2.88. The van der Waals surface area contributed by atoms with E-state index in [9.17, 15) is 5.11 Å². The molecule has 1 aliphatic heterocycles. The van der Waals surface area contributed by atoms with E-state index >= 15 is 0 Å². The van der Waals surface area contributed by atoms with Gasteiger partial charge in [0.15, 0.2) is 0 Å². The van der Waals surface area contributed by atoms with Crippen LogP contribution in [0.25, 0.3) is 0 Å². The summed E-state index contributed by atoms with van der Waals surface area (Å²) in [5.41, 5.74) is 0.910. The molecular weight excluding hydrogens is 178 g/mol. The van der Waals surface area contributed by atoms with E-state index in [2.05, 4.69) is 12.2 Å². The number of fused-ring (bicyclic) bond motifs is 1. The summed E-state index contributed by atoms with van der Waals surface area (Å²) in [5.74, 6) is 1.20. The van der Waals surface area contributed by atoms with Crippen molar-refractivity contribution < 1.29 is 9.84 Å². The highest BCUT2D eigenvalue weighted by molar-refractivity contribution is 5.43. The molecule has 1 aromatic carbocycles. The Balaban J connectivity index is 2.25.